The van der Waals surface area contributed by atoms with Crippen LogP contribution in [0.15, 0.2) is 72.1 Å². The number of H-pyrrole nitrogens is 1. The Hall–Kier alpha value is -3.12. The Bertz CT molecular complexity index is 1090. The van der Waals surface area contributed by atoms with E-state index >= 15 is 0 Å². The van der Waals surface area contributed by atoms with E-state index in [1.165, 1.54) is 16.3 Å². The van der Waals surface area contributed by atoms with Gasteiger partial charge in [0.1, 0.15) is 0 Å². The van der Waals surface area contributed by atoms with Crippen molar-refractivity contribution in [3.63, 3.8) is 0 Å². The van der Waals surface area contributed by atoms with E-state index in [1.807, 2.05) is 24.3 Å². The molecule has 2 heterocycles. The summed E-state index contributed by atoms with van der Waals surface area (Å²) in [6.07, 6.45) is 5.85. The second-order valence-corrected chi connectivity index (χ2v) is 5.98. The van der Waals surface area contributed by atoms with Gasteiger partial charge >= 0.3 is 0 Å². The fraction of sp³-hybridized carbons (Fsp3) is 0.0526. The Balaban J connectivity index is 1.70. The third-order valence-corrected chi connectivity index (χ3v) is 4.24. The minimum Gasteiger partial charge on any atom is -0.265 e. The van der Waals surface area contributed by atoms with Gasteiger partial charge in [-0.1, -0.05) is 42.5 Å². The SMILES string of the molecule is S=c1[nH]nc(Cc2cccc3ccccc23)n1/N=C\c1ccncc1. The number of fused-ring (bicyclic) bond motifs is 1. The van der Waals surface area contributed by atoms with E-state index in [2.05, 4.69) is 50.6 Å². The van der Waals surface area contributed by atoms with Crippen LogP contribution in [-0.2, 0) is 6.42 Å². The largest absolute Gasteiger partial charge is 0.265 e. The third-order valence-electron chi connectivity index (χ3n) is 3.97. The number of aromatic amines is 1. The van der Waals surface area contributed by atoms with Crippen molar-refractivity contribution in [2.24, 2.45) is 5.10 Å². The van der Waals surface area contributed by atoms with Crippen LogP contribution in [0.3, 0.4) is 0 Å². The molecule has 2 aromatic heterocycles. The van der Waals surface area contributed by atoms with Gasteiger partial charge in [-0.05, 0) is 46.2 Å². The highest BCUT2D eigenvalue weighted by atomic mass is 32.1. The molecule has 4 aromatic rings. The highest BCUT2D eigenvalue weighted by molar-refractivity contribution is 7.71. The Morgan fingerprint density at radius 3 is 2.72 bits per heavy atom. The predicted octanol–water partition coefficient (Wildman–Crippen LogP) is 3.96. The molecule has 122 valence electrons. The first-order chi connectivity index (χ1) is 12.3. The molecule has 6 heteroatoms. The zero-order chi connectivity index (χ0) is 17.1. The molecule has 2 aromatic carbocycles. The predicted molar refractivity (Wildman–Crippen MR) is 101 cm³/mol. The number of rotatable bonds is 4. The number of benzene rings is 2. The fourth-order valence-corrected chi connectivity index (χ4v) is 2.95. The lowest BCUT2D eigenvalue weighted by atomic mass is 10.0. The van der Waals surface area contributed by atoms with Gasteiger partial charge < -0.3 is 0 Å². The van der Waals surface area contributed by atoms with Crippen LogP contribution in [0.25, 0.3) is 10.8 Å². The minimum absolute atomic E-state index is 0.473. The number of nitrogens with one attached hydrogen (secondary N) is 1. The first-order valence-corrected chi connectivity index (χ1v) is 8.29. The number of hydrogen-bond acceptors (Lipinski definition) is 4. The highest BCUT2D eigenvalue weighted by Gasteiger charge is 2.08. The molecule has 0 aliphatic heterocycles. The van der Waals surface area contributed by atoms with Crippen molar-refractivity contribution in [3.05, 3.63) is 88.7 Å². The summed E-state index contributed by atoms with van der Waals surface area (Å²) in [7, 11) is 0. The maximum Gasteiger partial charge on any atom is 0.216 e. The second-order valence-electron chi connectivity index (χ2n) is 5.60. The first-order valence-electron chi connectivity index (χ1n) is 7.88. The van der Waals surface area contributed by atoms with Crippen molar-refractivity contribution in [1.29, 1.82) is 0 Å². The fourth-order valence-electron chi connectivity index (χ4n) is 2.75. The summed E-state index contributed by atoms with van der Waals surface area (Å²) < 4.78 is 2.14. The maximum atomic E-state index is 5.32. The number of nitrogens with zero attached hydrogens (tertiary/aromatic N) is 4. The monoisotopic (exact) mass is 345 g/mol. The van der Waals surface area contributed by atoms with Crippen LogP contribution in [0.2, 0.25) is 0 Å². The highest BCUT2D eigenvalue weighted by Crippen LogP contribution is 2.20. The van der Waals surface area contributed by atoms with E-state index in [4.69, 9.17) is 12.2 Å². The van der Waals surface area contributed by atoms with Crippen LogP contribution in [-0.4, -0.2) is 26.1 Å². The molecular weight excluding hydrogens is 330 g/mol. The van der Waals surface area contributed by atoms with Gasteiger partial charge in [0, 0.05) is 18.8 Å². The molecule has 0 saturated heterocycles. The van der Waals surface area contributed by atoms with E-state index < -0.39 is 0 Å². The van der Waals surface area contributed by atoms with Crippen LogP contribution < -0.4 is 0 Å². The van der Waals surface area contributed by atoms with Crippen molar-refractivity contribution < 1.29 is 0 Å². The van der Waals surface area contributed by atoms with Crippen molar-refractivity contribution in [2.75, 3.05) is 0 Å². The average molecular weight is 345 g/mol. The number of aromatic nitrogens is 4. The summed E-state index contributed by atoms with van der Waals surface area (Å²) in [5.74, 6) is 0.770. The van der Waals surface area contributed by atoms with Crippen molar-refractivity contribution in [1.82, 2.24) is 19.9 Å². The van der Waals surface area contributed by atoms with Crippen molar-refractivity contribution in [3.8, 4) is 0 Å². The van der Waals surface area contributed by atoms with E-state index in [0.29, 0.717) is 11.2 Å². The van der Waals surface area contributed by atoms with Crippen LogP contribution >= 0.6 is 12.2 Å². The Morgan fingerprint density at radius 2 is 1.84 bits per heavy atom. The summed E-state index contributed by atoms with van der Waals surface area (Å²) >= 11 is 5.32. The molecule has 0 amide bonds. The van der Waals surface area contributed by atoms with Gasteiger partial charge in [0.05, 0.1) is 6.21 Å². The number of pyridine rings is 1. The maximum absolute atomic E-state index is 5.32. The van der Waals surface area contributed by atoms with Gasteiger partial charge in [0.2, 0.25) is 4.77 Å². The Kier molecular flexibility index (Phi) is 4.18. The third kappa shape index (κ3) is 3.25. The zero-order valence-electron chi connectivity index (χ0n) is 13.3. The second kappa shape index (κ2) is 6.78. The summed E-state index contributed by atoms with van der Waals surface area (Å²) in [6, 6.07) is 18.4. The standard InChI is InChI=1S/C19H15N5S/c25-19-23-22-18(24(19)21-13-14-8-10-20-11-9-14)12-16-6-3-5-15-4-1-2-7-17(15)16/h1-11,13H,12H2,(H,23,25)/b21-13-. The van der Waals surface area contributed by atoms with E-state index in [0.717, 1.165) is 11.4 Å². The van der Waals surface area contributed by atoms with Crippen molar-refractivity contribution >= 4 is 29.2 Å². The first kappa shape index (κ1) is 15.4. The molecule has 0 saturated carbocycles. The topological polar surface area (TPSA) is 58.9 Å². The quantitative estimate of drug-likeness (QED) is 0.450. The molecule has 1 N–H and O–H groups in total. The average Bonchev–Trinajstić information content (AvgIpc) is 3.01. The Labute approximate surface area is 149 Å². The van der Waals surface area contributed by atoms with Gasteiger partial charge in [0.15, 0.2) is 5.82 Å². The summed E-state index contributed by atoms with van der Waals surface area (Å²) in [6.45, 7) is 0. The smallest absolute Gasteiger partial charge is 0.216 e. The molecule has 0 aliphatic carbocycles. The molecular formula is C19H15N5S. The van der Waals surface area contributed by atoms with Gasteiger partial charge in [-0.25, -0.2) is 0 Å². The van der Waals surface area contributed by atoms with Crippen LogP contribution in [0, 0.1) is 4.77 Å². The summed E-state index contributed by atoms with van der Waals surface area (Å²) in [5.41, 5.74) is 2.14. The van der Waals surface area contributed by atoms with Crippen LogP contribution in [0.5, 0.6) is 0 Å². The normalized spacial score (nSPS) is 11.4. The molecule has 0 unspecified atom stereocenters. The molecule has 5 nitrogen and oxygen atoms in total. The molecule has 0 atom stereocenters. The van der Waals surface area contributed by atoms with Gasteiger partial charge in [-0.15, -0.1) is 0 Å². The van der Waals surface area contributed by atoms with Crippen molar-refractivity contribution in [2.45, 2.75) is 6.42 Å². The van der Waals surface area contributed by atoms with Gasteiger partial charge in [0.25, 0.3) is 0 Å². The van der Waals surface area contributed by atoms with Gasteiger partial charge in [-0.3, -0.25) is 10.1 Å². The molecule has 25 heavy (non-hydrogen) atoms. The van der Waals surface area contributed by atoms with Crippen LogP contribution in [0.1, 0.15) is 17.0 Å². The summed E-state index contributed by atoms with van der Waals surface area (Å²) in [4.78, 5) is 4.00. The zero-order valence-corrected chi connectivity index (χ0v) is 14.1. The molecule has 0 radical (unpaired) electrons. The lowest BCUT2D eigenvalue weighted by Gasteiger charge is -2.06. The van der Waals surface area contributed by atoms with Gasteiger partial charge in [-0.2, -0.15) is 14.9 Å². The Morgan fingerprint density at radius 1 is 1.04 bits per heavy atom. The van der Waals surface area contributed by atoms with E-state index in [1.54, 1.807) is 23.3 Å². The minimum atomic E-state index is 0.473. The van der Waals surface area contributed by atoms with E-state index in [9.17, 15) is 0 Å². The number of hydrogen-bond donors (Lipinski definition) is 1. The van der Waals surface area contributed by atoms with Crippen LogP contribution in [0.4, 0.5) is 0 Å². The molecule has 0 bridgehead atoms. The molecule has 0 fully saturated rings. The molecule has 0 aliphatic rings. The lowest BCUT2D eigenvalue weighted by Crippen LogP contribution is -2.01. The van der Waals surface area contributed by atoms with E-state index in [-0.39, 0.29) is 0 Å². The summed E-state index contributed by atoms with van der Waals surface area (Å²) in [5, 5.41) is 14.1. The lowest BCUT2D eigenvalue weighted by molar-refractivity contribution is 0.793. The molecule has 4 rings (SSSR count). The molecule has 0 spiro atoms.